The Balaban J connectivity index is 1.37. The van der Waals surface area contributed by atoms with Crippen LogP contribution in [0.2, 0.25) is 0 Å². The number of carbonyl (C=O) groups is 2. The second-order valence-corrected chi connectivity index (χ2v) is 8.83. The lowest BCUT2D eigenvalue weighted by atomic mass is 10.0. The quantitative estimate of drug-likeness (QED) is 0.269. The number of allylic oxidation sites excluding steroid dienone is 1. The highest BCUT2D eigenvalue weighted by atomic mass is 19.4. The third-order valence-electron chi connectivity index (χ3n) is 5.76. The van der Waals surface area contributed by atoms with E-state index in [1.54, 1.807) is 36.5 Å². The smallest absolute Gasteiger partial charge is 0.406 e. The fourth-order valence-corrected chi connectivity index (χ4v) is 3.85. The SMILES string of the molecule is CC(C)c1ccccc1N1CC(=O)N(/N=C/C=C/c2cnc(N(C)c3ccc(OC(F)(F)F)cc3)nc2)C1=O. The van der Waals surface area contributed by atoms with Crippen LogP contribution in [0.25, 0.3) is 6.08 Å². The van der Waals surface area contributed by atoms with Gasteiger partial charge in [-0.25, -0.2) is 14.8 Å². The maximum Gasteiger partial charge on any atom is 0.573 e. The summed E-state index contributed by atoms with van der Waals surface area (Å²) in [5.41, 5.74) is 2.84. The van der Waals surface area contributed by atoms with Crippen molar-refractivity contribution < 1.29 is 27.5 Å². The molecule has 1 aliphatic heterocycles. The minimum Gasteiger partial charge on any atom is -0.406 e. The lowest BCUT2D eigenvalue weighted by molar-refractivity contribution is -0.274. The number of nitrogens with zero attached hydrogens (tertiary/aromatic N) is 6. The molecule has 12 heteroatoms. The van der Waals surface area contributed by atoms with E-state index >= 15 is 0 Å². The third kappa shape index (κ3) is 6.58. The molecule has 0 atom stereocenters. The summed E-state index contributed by atoms with van der Waals surface area (Å²) in [5.74, 6) is -0.262. The van der Waals surface area contributed by atoms with E-state index in [-0.39, 0.29) is 18.2 Å². The van der Waals surface area contributed by atoms with Crippen LogP contribution < -0.4 is 14.5 Å². The van der Waals surface area contributed by atoms with E-state index in [4.69, 9.17) is 0 Å². The fraction of sp³-hybridized carbons (Fsp3) is 0.222. The Morgan fingerprint density at radius 2 is 1.72 bits per heavy atom. The molecule has 0 bridgehead atoms. The number of para-hydroxylation sites is 1. The average Bonchev–Trinajstić information content (AvgIpc) is 3.18. The zero-order valence-electron chi connectivity index (χ0n) is 21.3. The Bertz CT molecular complexity index is 1390. The molecular formula is C27H25F3N6O3. The second-order valence-electron chi connectivity index (χ2n) is 8.83. The van der Waals surface area contributed by atoms with Gasteiger partial charge in [-0.15, -0.1) is 18.2 Å². The number of anilines is 3. The maximum atomic E-state index is 12.9. The van der Waals surface area contributed by atoms with Gasteiger partial charge in [-0.1, -0.05) is 38.1 Å². The van der Waals surface area contributed by atoms with Crippen molar-refractivity contribution >= 4 is 41.6 Å². The van der Waals surface area contributed by atoms with Gasteiger partial charge in [-0.3, -0.25) is 9.69 Å². The number of aromatic nitrogens is 2. The van der Waals surface area contributed by atoms with Gasteiger partial charge in [0, 0.05) is 42.6 Å². The molecule has 1 aromatic heterocycles. The van der Waals surface area contributed by atoms with E-state index in [0.717, 1.165) is 10.6 Å². The number of imide groups is 1. The maximum absolute atomic E-state index is 12.9. The number of carbonyl (C=O) groups excluding carboxylic acids is 2. The third-order valence-corrected chi connectivity index (χ3v) is 5.76. The number of hydrazone groups is 1. The summed E-state index contributed by atoms with van der Waals surface area (Å²) in [6, 6.07) is 12.3. The van der Waals surface area contributed by atoms with Crippen molar-refractivity contribution in [3.8, 4) is 5.75 Å². The molecule has 4 rings (SSSR count). The first-order valence-electron chi connectivity index (χ1n) is 11.9. The zero-order chi connectivity index (χ0) is 28.2. The standard InChI is InChI=1S/C27H25F3N6O3/c1-18(2)22-8-4-5-9-23(22)35-17-24(37)36(26(35)38)33-14-6-7-19-15-31-25(32-16-19)34(3)20-10-12-21(13-11-20)39-27(28,29)30/h4-16,18H,17H2,1-3H3/b7-6+,33-14+. The molecule has 202 valence electrons. The largest absolute Gasteiger partial charge is 0.573 e. The molecule has 2 heterocycles. The molecule has 3 amide bonds. The highest BCUT2D eigenvalue weighted by Gasteiger charge is 2.38. The number of ether oxygens (including phenoxy) is 1. The molecule has 0 spiro atoms. The number of rotatable bonds is 8. The molecule has 0 aliphatic carbocycles. The van der Waals surface area contributed by atoms with Gasteiger partial charge in [0.1, 0.15) is 12.3 Å². The number of benzene rings is 2. The molecule has 0 radical (unpaired) electrons. The summed E-state index contributed by atoms with van der Waals surface area (Å²) in [5, 5.41) is 4.85. The molecule has 1 saturated heterocycles. The molecule has 9 nitrogen and oxygen atoms in total. The number of urea groups is 1. The molecule has 1 fully saturated rings. The summed E-state index contributed by atoms with van der Waals surface area (Å²) in [4.78, 5) is 36.9. The van der Waals surface area contributed by atoms with E-state index in [2.05, 4.69) is 19.8 Å². The first kappa shape index (κ1) is 27.3. The Kier molecular flexibility index (Phi) is 7.93. The van der Waals surface area contributed by atoms with Crippen LogP contribution in [0.3, 0.4) is 0 Å². The van der Waals surface area contributed by atoms with Crippen molar-refractivity contribution in [2.75, 3.05) is 23.4 Å². The zero-order valence-corrected chi connectivity index (χ0v) is 21.3. The van der Waals surface area contributed by atoms with Crippen molar-refractivity contribution in [3.63, 3.8) is 0 Å². The molecule has 39 heavy (non-hydrogen) atoms. The summed E-state index contributed by atoms with van der Waals surface area (Å²) < 4.78 is 40.9. The second kappa shape index (κ2) is 11.3. The van der Waals surface area contributed by atoms with Crippen LogP contribution in [0.4, 0.5) is 35.3 Å². The summed E-state index contributed by atoms with van der Waals surface area (Å²) in [7, 11) is 1.67. The average molecular weight is 539 g/mol. The van der Waals surface area contributed by atoms with Crippen molar-refractivity contribution in [2.24, 2.45) is 5.10 Å². The topological polar surface area (TPSA) is 91.2 Å². The summed E-state index contributed by atoms with van der Waals surface area (Å²) in [6.45, 7) is 3.94. The van der Waals surface area contributed by atoms with Crippen LogP contribution in [-0.4, -0.2) is 53.1 Å². The Hall–Kier alpha value is -4.74. The highest BCUT2D eigenvalue weighted by molar-refractivity contribution is 6.12. The molecule has 0 saturated carbocycles. The van der Waals surface area contributed by atoms with E-state index in [1.165, 1.54) is 35.4 Å². The molecule has 0 N–H and O–H groups in total. The lowest BCUT2D eigenvalue weighted by Crippen LogP contribution is -2.30. The van der Waals surface area contributed by atoms with E-state index in [0.29, 0.717) is 22.9 Å². The summed E-state index contributed by atoms with van der Waals surface area (Å²) >= 11 is 0. The van der Waals surface area contributed by atoms with Crippen molar-refractivity contribution in [2.45, 2.75) is 26.1 Å². The number of amides is 3. The normalized spacial score (nSPS) is 14.3. The van der Waals surface area contributed by atoms with Crippen molar-refractivity contribution in [1.82, 2.24) is 15.0 Å². The van der Waals surface area contributed by atoms with Crippen LogP contribution in [0.5, 0.6) is 5.75 Å². The molecule has 1 aliphatic rings. The van der Waals surface area contributed by atoms with Gasteiger partial charge in [0.25, 0.3) is 5.91 Å². The van der Waals surface area contributed by atoms with Crippen LogP contribution >= 0.6 is 0 Å². The van der Waals surface area contributed by atoms with Gasteiger partial charge in [0.2, 0.25) is 5.95 Å². The monoisotopic (exact) mass is 538 g/mol. The number of hydrogen-bond donors (Lipinski definition) is 0. The Morgan fingerprint density at radius 1 is 1.05 bits per heavy atom. The van der Waals surface area contributed by atoms with Crippen molar-refractivity contribution in [1.29, 1.82) is 0 Å². The van der Waals surface area contributed by atoms with Gasteiger partial charge >= 0.3 is 12.4 Å². The Labute approximate surface area is 222 Å². The fourth-order valence-electron chi connectivity index (χ4n) is 3.85. The first-order chi connectivity index (χ1) is 18.5. The number of hydrogen-bond acceptors (Lipinski definition) is 7. The van der Waals surface area contributed by atoms with Crippen LogP contribution in [-0.2, 0) is 4.79 Å². The van der Waals surface area contributed by atoms with Gasteiger partial charge in [0.15, 0.2) is 0 Å². The minimum absolute atomic E-state index is 0.0927. The van der Waals surface area contributed by atoms with Crippen LogP contribution in [0.1, 0.15) is 30.9 Å². The lowest BCUT2D eigenvalue weighted by Gasteiger charge is -2.20. The van der Waals surface area contributed by atoms with Crippen LogP contribution in [0, 0.1) is 0 Å². The minimum atomic E-state index is -4.76. The predicted octanol–water partition coefficient (Wildman–Crippen LogP) is 5.73. The summed E-state index contributed by atoms with van der Waals surface area (Å²) in [6.07, 6.45) is 2.85. The van der Waals surface area contributed by atoms with Gasteiger partial charge in [0.05, 0.1) is 0 Å². The highest BCUT2D eigenvalue weighted by Crippen LogP contribution is 2.30. The van der Waals surface area contributed by atoms with E-state index < -0.39 is 18.3 Å². The molecule has 2 aromatic carbocycles. The molecular weight excluding hydrogens is 513 g/mol. The number of alkyl halides is 3. The van der Waals surface area contributed by atoms with Gasteiger partial charge < -0.3 is 9.64 Å². The first-order valence-corrected chi connectivity index (χ1v) is 11.9. The van der Waals surface area contributed by atoms with E-state index in [9.17, 15) is 22.8 Å². The Morgan fingerprint density at radius 3 is 2.36 bits per heavy atom. The van der Waals surface area contributed by atoms with Gasteiger partial charge in [-0.05, 0) is 47.9 Å². The number of halogens is 3. The molecule has 3 aromatic rings. The molecule has 0 unspecified atom stereocenters. The van der Waals surface area contributed by atoms with Crippen molar-refractivity contribution in [3.05, 3.63) is 78.1 Å². The van der Waals surface area contributed by atoms with Crippen LogP contribution in [0.15, 0.2) is 72.1 Å². The van der Waals surface area contributed by atoms with E-state index in [1.807, 2.05) is 38.1 Å². The van der Waals surface area contributed by atoms with Gasteiger partial charge in [-0.2, -0.15) is 5.10 Å². The predicted molar refractivity (Wildman–Crippen MR) is 141 cm³/mol.